The molecular formula is C13H28N2O. The van der Waals surface area contributed by atoms with E-state index in [1.54, 1.807) is 0 Å². The van der Waals surface area contributed by atoms with Crippen LogP contribution in [0.4, 0.5) is 0 Å². The quantitative estimate of drug-likeness (QED) is 0.692. The molecule has 1 aliphatic rings. The molecule has 1 aliphatic heterocycles. The van der Waals surface area contributed by atoms with Gasteiger partial charge in [0.25, 0.3) is 0 Å². The van der Waals surface area contributed by atoms with Gasteiger partial charge in [0.1, 0.15) is 0 Å². The van der Waals surface area contributed by atoms with Crippen molar-refractivity contribution in [1.29, 1.82) is 0 Å². The molecule has 96 valence electrons. The van der Waals surface area contributed by atoms with Gasteiger partial charge in [0.15, 0.2) is 0 Å². The summed E-state index contributed by atoms with van der Waals surface area (Å²) in [5, 5.41) is 13.4. The number of aliphatic hydroxyl groups excluding tert-OH is 1. The summed E-state index contributed by atoms with van der Waals surface area (Å²) in [5.41, 5.74) is 0. The summed E-state index contributed by atoms with van der Waals surface area (Å²) in [7, 11) is 0. The molecule has 3 nitrogen and oxygen atoms in total. The molecule has 0 aromatic heterocycles. The van der Waals surface area contributed by atoms with E-state index in [9.17, 15) is 5.11 Å². The molecule has 0 aliphatic carbocycles. The Hall–Kier alpha value is -0.120. The molecule has 1 saturated heterocycles. The standard InChI is InChI=1S/C13H28N2O/c1-4-13(11(2)3)14-9-12(16)10-15-7-5-6-8-15/h11-14,16H,4-10H2,1-3H3. The summed E-state index contributed by atoms with van der Waals surface area (Å²) in [4.78, 5) is 2.36. The fourth-order valence-electron chi connectivity index (χ4n) is 2.47. The first-order valence-corrected chi connectivity index (χ1v) is 6.77. The van der Waals surface area contributed by atoms with Crippen LogP contribution in [0.3, 0.4) is 0 Å². The Balaban J connectivity index is 2.15. The topological polar surface area (TPSA) is 35.5 Å². The summed E-state index contributed by atoms with van der Waals surface area (Å²) in [5.74, 6) is 0.643. The van der Waals surface area contributed by atoms with E-state index in [-0.39, 0.29) is 6.10 Å². The number of likely N-dealkylation sites (tertiary alicyclic amines) is 1. The highest BCUT2D eigenvalue weighted by atomic mass is 16.3. The van der Waals surface area contributed by atoms with Gasteiger partial charge in [-0.15, -0.1) is 0 Å². The number of nitrogens with zero attached hydrogens (tertiary/aromatic N) is 1. The van der Waals surface area contributed by atoms with E-state index >= 15 is 0 Å². The summed E-state index contributed by atoms with van der Waals surface area (Å²) in [6.07, 6.45) is 3.51. The minimum absolute atomic E-state index is 0.217. The van der Waals surface area contributed by atoms with Crippen LogP contribution >= 0.6 is 0 Å². The molecule has 16 heavy (non-hydrogen) atoms. The van der Waals surface area contributed by atoms with Gasteiger partial charge in [-0.2, -0.15) is 0 Å². The second-order valence-corrected chi connectivity index (χ2v) is 5.33. The molecule has 2 unspecified atom stereocenters. The van der Waals surface area contributed by atoms with E-state index in [0.717, 1.165) is 19.5 Å². The predicted octanol–water partition coefficient (Wildman–Crippen LogP) is 1.47. The zero-order chi connectivity index (χ0) is 12.0. The van der Waals surface area contributed by atoms with Crippen molar-refractivity contribution in [2.45, 2.75) is 52.2 Å². The Labute approximate surface area is 100 Å². The third-order valence-corrected chi connectivity index (χ3v) is 3.53. The molecular weight excluding hydrogens is 200 g/mol. The van der Waals surface area contributed by atoms with E-state index in [4.69, 9.17) is 0 Å². The fraction of sp³-hybridized carbons (Fsp3) is 1.00. The van der Waals surface area contributed by atoms with Crippen LogP contribution in [-0.2, 0) is 0 Å². The van der Waals surface area contributed by atoms with Crippen LogP contribution in [0.15, 0.2) is 0 Å². The van der Waals surface area contributed by atoms with Crippen molar-refractivity contribution in [3.63, 3.8) is 0 Å². The van der Waals surface area contributed by atoms with E-state index in [0.29, 0.717) is 12.0 Å². The van der Waals surface area contributed by atoms with Crippen LogP contribution in [-0.4, -0.2) is 48.3 Å². The molecule has 0 aromatic carbocycles. The van der Waals surface area contributed by atoms with Crippen LogP contribution in [0.1, 0.15) is 40.0 Å². The van der Waals surface area contributed by atoms with Crippen LogP contribution in [0.2, 0.25) is 0 Å². The Morgan fingerprint density at radius 1 is 1.25 bits per heavy atom. The number of aliphatic hydroxyl groups is 1. The molecule has 1 heterocycles. The smallest absolute Gasteiger partial charge is 0.0791 e. The summed E-state index contributed by atoms with van der Waals surface area (Å²) < 4.78 is 0. The van der Waals surface area contributed by atoms with Crippen molar-refractivity contribution in [3.8, 4) is 0 Å². The minimum Gasteiger partial charge on any atom is -0.390 e. The highest BCUT2D eigenvalue weighted by Crippen LogP contribution is 2.08. The first-order chi connectivity index (χ1) is 7.63. The number of hydrogen-bond donors (Lipinski definition) is 2. The molecule has 0 amide bonds. The first kappa shape index (κ1) is 13.9. The highest BCUT2D eigenvalue weighted by Gasteiger charge is 2.17. The van der Waals surface area contributed by atoms with Gasteiger partial charge in [0, 0.05) is 19.1 Å². The Bertz CT molecular complexity index is 179. The van der Waals surface area contributed by atoms with E-state index in [2.05, 4.69) is 31.0 Å². The molecule has 1 rings (SSSR count). The van der Waals surface area contributed by atoms with E-state index in [1.165, 1.54) is 25.9 Å². The van der Waals surface area contributed by atoms with Crippen LogP contribution < -0.4 is 5.32 Å². The molecule has 3 heteroatoms. The van der Waals surface area contributed by atoms with Crippen molar-refractivity contribution in [2.75, 3.05) is 26.2 Å². The Morgan fingerprint density at radius 2 is 1.88 bits per heavy atom. The van der Waals surface area contributed by atoms with Gasteiger partial charge in [-0.3, -0.25) is 0 Å². The second kappa shape index (κ2) is 7.25. The molecule has 0 saturated carbocycles. The van der Waals surface area contributed by atoms with Crippen LogP contribution in [0.25, 0.3) is 0 Å². The Morgan fingerprint density at radius 3 is 2.38 bits per heavy atom. The van der Waals surface area contributed by atoms with Crippen molar-refractivity contribution in [1.82, 2.24) is 10.2 Å². The van der Waals surface area contributed by atoms with Crippen molar-refractivity contribution >= 4 is 0 Å². The molecule has 0 aromatic rings. The molecule has 0 bridgehead atoms. The lowest BCUT2D eigenvalue weighted by Crippen LogP contribution is -2.42. The summed E-state index contributed by atoms with van der Waals surface area (Å²) in [6, 6.07) is 0.535. The normalized spacial score (nSPS) is 21.6. The largest absolute Gasteiger partial charge is 0.390 e. The van der Waals surface area contributed by atoms with Gasteiger partial charge in [-0.1, -0.05) is 20.8 Å². The van der Waals surface area contributed by atoms with Crippen LogP contribution in [0, 0.1) is 5.92 Å². The van der Waals surface area contributed by atoms with Crippen molar-refractivity contribution in [3.05, 3.63) is 0 Å². The molecule has 2 N–H and O–H groups in total. The maximum atomic E-state index is 9.93. The zero-order valence-corrected chi connectivity index (χ0v) is 11.1. The lowest BCUT2D eigenvalue weighted by Gasteiger charge is -2.24. The van der Waals surface area contributed by atoms with Gasteiger partial charge in [-0.05, 0) is 38.3 Å². The molecule has 1 fully saturated rings. The van der Waals surface area contributed by atoms with Crippen molar-refractivity contribution < 1.29 is 5.11 Å². The van der Waals surface area contributed by atoms with Gasteiger partial charge in [-0.25, -0.2) is 0 Å². The zero-order valence-electron chi connectivity index (χ0n) is 11.1. The number of nitrogens with one attached hydrogen (secondary N) is 1. The third kappa shape index (κ3) is 4.81. The van der Waals surface area contributed by atoms with E-state index < -0.39 is 0 Å². The highest BCUT2D eigenvalue weighted by molar-refractivity contribution is 4.75. The average molecular weight is 228 g/mol. The Kier molecular flexibility index (Phi) is 6.32. The number of hydrogen-bond acceptors (Lipinski definition) is 3. The third-order valence-electron chi connectivity index (χ3n) is 3.53. The SMILES string of the molecule is CCC(NCC(O)CN1CCCC1)C(C)C. The van der Waals surface area contributed by atoms with Crippen molar-refractivity contribution in [2.24, 2.45) is 5.92 Å². The lowest BCUT2D eigenvalue weighted by atomic mass is 10.0. The predicted molar refractivity (Wildman–Crippen MR) is 68.6 cm³/mol. The lowest BCUT2D eigenvalue weighted by molar-refractivity contribution is 0.118. The van der Waals surface area contributed by atoms with Crippen LogP contribution in [0.5, 0.6) is 0 Å². The molecule has 0 spiro atoms. The van der Waals surface area contributed by atoms with Gasteiger partial charge < -0.3 is 15.3 Å². The second-order valence-electron chi connectivity index (χ2n) is 5.33. The van der Waals surface area contributed by atoms with Gasteiger partial charge >= 0.3 is 0 Å². The first-order valence-electron chi connectivity index (χ1n) is 6.77. The molecule has 2 atom stereocenters. The molecule has 0 radical (unpaired) electrons. The van der Waals surface area contributed by atoms with Gasteiger partial charge in [0.05, 0.1) is 6.10 Å². The summed E-state index contributed by atoms with van der Waals surface area (Å²) in [6.45, 7) is 10.6. The monoisotopic (exact) mass is 228 g/mol. The number of rotatable bonds is 7. The van der Waals surface area contributed by atoms with Gasteiger partial charge in [0.2, 0.25) is 0 Å². The maximum absolute atomic E-state index is 9.93. The summed E-state index contributed by atoms with van der Waals surface area (Å²) >= 11 is 0. The minimum atomic E-state index is -0.217. The van der Waals surface area contributed by atoms with E-state index in [1.807, 2.05) is 0 Å². The fourth-order valence-corrected chi connectivity index (χ4v) is 2.47. The maximum Gasteiger partial charge on any atom is 0.0791 e. The number of β-amino-alcohol motifs (C(OH)–C–C–N with tert-alkyl or cyclic N) is 1. The average Bonchev–Trinajstić information content (AvgIpc) is 2.70.